The minimum atomic E-state index is -0.648. The van der Waals surface area contributed by atoms with Crippen molar-refractivity contribution in [2.24, 2.45) is 0 Å². The molecule has 0 aliphatic carbocycles. The molecule has 0 amide bonds. The normalized spacial score (nSPS) is 10.2. The van der Waals surface area contributed by atoms with Crippen LogP contribution in [0.3, 0.4) is 0 Å². The Morgan fingerprint density at radius 3 is 2.67 bits per heavy atom. The first-order valence-electron chi connectivity index (χ1n) is 7.14. The second kappa shape index (κ2) is 6.75. The molecule has 3 rings (SSSR count). The number of halogens is 1. The van der Waals surface area contributed by atoms with Crippen LogP contribution in [0.2, 0.25) is 0 Å². The standard InChI is InChI=1S/C18H12FN3O2/c19-16-13(9-20)7-4-8-14(16)11-24-15-10-21-17(22-18(15)23)12-5-2-1-3-6-12/h1-8,10H,11H2,(H,21,22,23). The Balaban J connectivity index is 1.80. The van der Waals surface area contributed by atoms with E-state index in [1.807, 2.05) is 30.3 Å². The average molecular weight is 321 g/mol. The van der Waals surface area contributed by atoms with Gasteiger partial charge in [0.1, 0.15) is 24.3 Å². The highest BCUT2D eigenvalue weighted by Gasteiger charge is 2.10. The van der Waals surface area contributed by atoms with Gasteiger partial charge in [-0.25, -0.2) is 9.37 Å². The van der Waals surface area contributed by atoms with Gasteiger partial charge in [-0.2, -0.15) is 5.26 Å². The minimum Gasteiger partial charge on any atom is -0.482 e. The molecular weight excluding hydrogens is 309 g/mol. The average Bonchev–Trinajstić information content (AvgIpc) is 2.62. The first-order valence-corrected chi connectivity index (χ1v) is 7.14. The van der Waals surface area contributed by atoms with Gasteiger partial charge in [0.05, 0.1) is 11.8 Å². The van der Waals surface area contributed by atoms with E-state index in [2.05, 4.69) is 9.97 Å². The number of ether oxygens (including phenoxy) is 1. The molecule has 0 fully saturated rings. The van der Waals surface area contributed by atoms with Crippen LogP contribution in [0.25, 0.3) is 11.4 Å². The second-order valence-corrected chi connectivity index (χ2v) is 4.97. The molecule has 3 aromatic rings. The summed E-state index contributed by atoms with van der Waals surface area (Å²) in [7, 11) is 0. The Labute approximate surface area is 137 Å². The zero-order chi connectivity index (χ0) is 16.9. The molecule has 24 heavy (non-hydrogen) atoms. The molecule has 1 N–H and O–H groups in total. The van der Waals surface area contributed by atoms with Gasteiger partial charge < -0.3 is 9.72 Å². The van der Waals surface area contributed by atoms with Crippen LogP contribution in [0, 0.1) is 17.1 Å². The second-order valence-electron chi connectivity index (χ2n) is 4.97. The molecule has 0 radical (unpaired) electrons. The molecule has 0 spiro atoms. The molecule has 118 valence electrons. The smallest absolute Gasteiger partial charge is 0.293 e. The summed E-state index contributed by atoms with van der Waals surface area (Å²) in [5.74, 6) is -0.243. The van der Waals surface area contributed by atoms with E-state index in [4.69, 9.17) is 10.00 Å². The van der Waals surface area contributed by atoms with Crippen molar-refractivity contribution >= 4 is 0 Å². The molecule has 0 aliphatic rings. The van der Waals surface area contributed by atoms with Gasteiger partial charge in [0.2, 0.25) is 5.75 Å². The Morgan fingerprint density at radius 2 is 1.96 bits per heavy atom. The monoisotopic (exact) mass is 321 g/mol. The number of hydrogen-bond donors (Lipinski definition) is 1. The lowest BCUT2D eigenvalue weighted by Crippen LogP contribution is -2.13. The number of hydrogen-bond acceptors (Lipinski definition) is 4. The van der Waals surface area contributed by atoms with Crippen LogP contribution in [-0.4, -0.2) is 9.97 Å². The van der Waals surface area contributed by atoms with Gasteiger partial charge in [0.15, 0.2) is 0 Å². The first kappa shape index (κ1) is 15.4. The Morgan fingerprint density at radius 1 is 1.17 bits per heavy atom. The van der Waals surface area contributed by atoms with Crippen molar-refractivity contribution in [3.05, 3.63) is 82.0 Å². The van der Waals surface area contributed by atoms with Crippen LogP contribution >= 0.6 is 0 Å². The summed E-state index contributed by atoms with van der Waals surface area (Å²) in [5.41, 5.74) is 0.442. The van der Waals surface area contributed by atoms with E-state index in [-0.39, 0.29) is 23.5 Å². The Kier molecular flexibility index (Phi) is 4.34. The summed E-state index contributed by atoms with van der Waals surface area (Å²) in [6.45, 7) is -0.170. The predicted molar refractivity (Wildman–Crippen MR) is 85.7 cm³/mol. The molecule has 0 atom stereocenters. The third-order valence-corrected chi connectivity index (χ3v) is 3.40. The largest absolute Gasteiger partial charge is 0.482 e. The number of aromatic amines is 1. The molecule has 0 aliphatic heterocycles. The van der Waals surface area contributed by atoms with E-state index in [0.717, 1.165) is 5.56 Å². The van der Waals surface area contributed by atoms with Crippen LogP contribution in [0.5, 0.6) is 5.75 Å². The summed E-state index contributed by atoms with van der Waals surface area (Å²) < 4.78 is 19.3. The third-order valence-electron chi connectivity index (χ3n) is 3.40. The Bertz CT molecular complexity index is 962. The molecule has 5 nitrogen and oxygen atoms in total. The van der Waals surface area contributed by atoms with E-state index in [9.17, 15) is 9.18 Å². The molecule has 0 unspecified atom stereocenters. The van der Waals surface area contributed by atoms with Gasteiger partial charge in [0, 0.05) is 11.1 Å². The van der Waals surface area contributed by atoms with Crippen molar-refractivity contribution in [3.63, 3.8) is 0 Å². The van der Waals surface area contributed by atoms with Crippen molar-refractivity contribution in [1.82, 2.24) is 9.97 Å². The summed E-state index contributed by atoms with van der Waals surface area (Å²) in [5, 5.41) is 8.82. The van der Waals surface area contributed by atoms with Gasteiger partial charge in [0.25, 0.3) is 5.56 Å². The fourth-order valence-electron chi connectivity index (χ4n) is 2.16. The highest BCUT2D eigenvalue weighted by Crippen LogP contribution is 2.16. The van der Waals surface area contributed by atoms with Crippen LogP contribution in [0.1, 0.15) is 11.1 Å². The minimum absolute atomic E-state index is 0.0172. The van der Waals surface area contributed by atoms with Gasteiger partial charge in [-0.15, -0.1) is 0 Å². The van der Waals surface area contributed by atoms with Crippen LogP contribution in [0.15, 0.2) is 59.5 Å². The molecule has 2 aromatic carbocycles. The van der Waals surface area contributed by atoms with Gasteiger partial charge in [-0.1, -0.05) is 42.5 Å². The zero-order valence-corrected chi connectivity index (χ0v) is 12.5. The lowest BCUT2D eigenvalue weighted by atomic mass is 10.1. The summed E-state index contributed by atoms with van der Waals surface area (Å²) in [6.07, 6.45) is 1.30. The SMILES string of the molecule is N#Cc1cccc(COc2cnc(-c3ccccc3)[nH]c2=O)c1F. The van der Waals surface area contributed by atoms with Gasteiger partial charge in [-0.05, 0) is 6.07 Å². The maximum Gasteiger partial charge on any atom is 0.293 e. The quantitative estimate of drug-likeness (QED) is 0.801. The molecule has 0 saturated heterocycles. The number of nitrogens with zero attached hydrogens (tertiary/aromatic N) is 2. The third kappa shape index (κ3) is 3.15. The number of H-pyrrole nitrogens is 1. The predicted octanol–water partition coefficient (Wildman–Crippen LogP) is 3.03. The fraction of sp³-hybridized carbons (Fsp3) is 0.0556. The maximum absolute atomic E-state index is 14.0. The van der Waals surface area contributed by atoms with E-state index in [1.165, 1.54) is 18.3 Å². The number of aromatic nitrogens is 2. The number of rotatable bonds is 4. The van der Waals surface area contributed by atoms with Crippen molar-refractivity contribution in [1.29, 1.82) is 5.26 Å². The molecule has 0 saturated carbocycles. The lowest BCUT2D eigenvalue weighted by molar-refractivity contribution is 0.294. The molecular formula is C18H12FN3O2. The highest BCUT2D eigenvalue weighted by atomic mass is 19.1. The van der Waals surface area contributed by atoms with E-state index in [0.29, 0.717) is 5.82 Å². The van der Waals surface area contributed by atoms with Gasteiger partial charge in [-0.3, -0.25) is 4.79 Å². The topological polar surface area (TPSA) is 78.8 Å². The van der Waals surface area contributed by atoms with Crippen molar-refractivity contribution in [2.45, 2.75) is 6.61 Å². The maximum atomic E-state index is 14.0. The van der Waals surface area contributed by atoms with Crippen LogP contribution in [-0.2, 0) is 6.61 Å². The highest BCUT2D eigenvalue weighted by molar-refractivity contribution is 5.54. The number of nitriles is 1. The summed E-state index contributed by atoms with van der Waals surface area (Å²) in [4.78, 5) is 18.9. The summed E-state index contributed by atoms with van der Waals surface area (Å²) in [6, 6.07) is 15.4. The lowest BCUT2D eigenvalue weighted by Gasteiger charge is -2.07. The zero-order valence-electron chi connectivity index (χ0n) is 12.5. The fourth-order valence-corrected chi connectivity index (χ4v) is 2.16. The van der Waals surface area contributed by atoms with Gasteiger partial charge >= 0.3 is 0 Å². The summed E-state index contributed by atoms with van der Waals surface area (Å²) >= 11 is 0. The van der Waals surface area contributed by atoms with E-state index < -0.39 is 11.4 Å². The molecule has 6 heteroatoms. The van der Waals surface area contributed by atoms with Crippen LogP contribution < -0.4 is 10.3 Å². The first-order chi connectivity index (χ1) is 11.7. The van der Waals surface area contributed by atoms with Crippen molar-refractivity contribution < 1.29 is 9.13 Å². The molecule has 1 heterocycles. The number of benzene rings is 2. The van der Waals surface area contributed by atoms with Crippen molar-refractivity contribution in [2.75, 3.05) is 0 Å². The van der Waals surface area contributed by atoms with E-state index in [1.54, 1.807) is 12.1 Å². The van der Waals surface area contributed by atoms with Crippen molar-refractivity contribution in [3.8, 4) is 23.2 Å². The van der Waals surface area contributed by atoms with Crippen LogP contribution in [0.4, 0.5) is 4.39 Å². The van der Waals surface area contributed by atoms with E-state index >= 15 is 0 Å². The molecule has 1 aromatic heterocycles. The number of nitrogens with one attached hydrogen (secondary N) is 1. The Hall–Kier alpha value is -3.46. The molecule has 0 bridgehead atoms.